The van der Waals surface area contributed by atoms with E-state index in [0.29, 0.717) is 11.6 Å². The van der Waals surface area contributed by atoms with E-state index in [9.17, 15) is 4.39 Å². The molecule has 1 heterocycles. The van der Waals surface area contributed by atoms with Crippen molar-refractivity contribution in [3.05, 3.63) is 54.5 Å². The van der Waals surface area contributed by atoms with Crippen LogP contribution in [-0.4, -0.2) is 4.98 Å². The van der Waals surface area contributed by atoms with Crippen molar-refractivity contribution in [3.63, 3.8) is 0 Å². The summed E-state index contributed by atoms with van der Waals surface area (Å²) in [6, 6.07) is 11.9. The Labute approximate surface area is 81.0 Å². The molecule has 0 atom stereocenters. The van der Waals surface area contributed by atoms with Gasteiger partial charge < -0.3 is 4.74 Å². The van der Waals surface area contributed by atoms with Gasteiger partial charge in [0, 0.05) is 18.3 Å². The van der Waals surface area contributed by atoms with Crippen LogP contribution >= 0.6 is 0 Å². The average molecular weight is 188 g/mol. The Hall–Kier alpha value is -1.90. The van der Waals surface area contributed by atoms with Crippen LogP contribution in [0.4, 0.5) is 4.39 Å². The monoisotopic (exact) mass is 188 g/mol. The van der Waals surface area contributed by atoms with Crippen LogP contribution in [0.5, 0.6) is 11.6 Å². The van der Waals surface area contributed by atoms with Crippen LogP contribution in [0.1, 0.15) is 0 Å². The molecule has 0 amide bonds. The maximum atomic E-state index is 12.5. The molecule has 3 heteroatoms. The van der Waals surface area contributed by atoms with Crippen LogP contribution in [0.3, 0.4) is 0 Å². The van der Waals surface area contributed by atoms with Crippen molar-refractivity contribution in [2.75, 3.05) is 0 Å². The van der Waals surface area contributed by atoms with E-state index < -0.39 is 0 Å². The van der Waals surface area contributed by atoms with Crippen LogP contribution in [0, 0.1) is 11.9 Å². The molecule has 14 heavy (non-hydrogen) atoms. The van der Waals surface area contributed by atoms with E-state index in [1.807, 2.05) is 0 Å². The molecule has 0 fully saturated rings. The average Bonchev–Trinajstić information content (AvgIpc) is 2.23. The van der Waals surface area contributed by atoms with Gasteiger partial charge in [-0.2, -0.15) is 0 Å². The van der Waals surface area contributed by atoms with Crippen LogP contribution < -0.4 is 4.74 Å². The van der Waals surface area contributed by atoms with Gasteiger partial charge in [-0.3, -0.25) is 0 Å². The first-order valence-electron chi connectivity index (χ1n) is 4.10. The molecule has 2 rings (SSSR count). The van der Waals surface area contributed by atoms with Gasteiger partial charge in [0.05, 0.1) is 0 Å². The second-order valence-electron chi connectivity index (χ2n) is 2.65. The van der Waals surface area contributed by atoms with Gasteiger partial charge in [0.25, 0.3) is 0 Å². The molecule has 0 saturated carbocycles. The Bertz CT molecular complexity index is 399. The van der Waals surface area contributed by atoms with Crippen molar-refractivity contribution < 1.29 is 9.13 Å². The molecule has 0 unspecified atom stereocenters. The fourth-order valence-electron chi connectivity index (χ4n) is 0.990. The fraction of sp³-hybridized carbons (Fsp3) is 0. The number of hydrogen-bond acceptors (Lipinski definition) is 2. The Kier molecular flexibility index (Phi) is 2.40. The number of benzene rings is 1. The SMILES string of the molecule is Fc1ccc(Oc2cc[c]cn2)cc1. The van der Waals surface area contributed by atoms with Crippen LogP contribution in [0.2, 0.25) is 0 Å². The summed E-state index contributed by atoms with van der Waals surface area (Å²) in [6.45, 7) is 0. The third kappa shape index (κ3) is 2.07. The van der Waals surface area contributed by atoms with Gasteiger partial charge in [0.15, 0.2) is 0 Å². The number of halogens is 1. The van der Waals surface area contributed by atoms with Gasteiger partial charge >= 0.3 is 0 Å². The van der Waals surface area contributed by atoms with Crippen molar-refractivity contribution in [2.24, 2.45) is 0 Å². The maximum absolute atomic E-state index is 12.5. The lowest BCUT2D eigenvalue weighted by molar-refractivity contribution is 0.461. The maximum Gasteiger partial charge on any atom is 0.219 e. The molecular formula is C11H7FNO. The Morgan fingerprint density at radius 3 is 2.57 bits per heavy atom. The minimum Gasteiger partial charge on any atom is -0.439 e. The molecule has 0 bridgehead atoms. The second-order valence-corrected chi connectivity index (χ2v) is 2.65. The summed E-state index contributed by atoms with van der Waals surface area (Å²) in [4.78, 5) is 3.92. The van der Waals surface area contributed by atoms with Crippen molar-refractivity contribution in [2.45, 2.75) is 0 Å². The molecule has 0 spiro atoms. The molecule has 0 aliphatic rings. The Morgan fingerprint density at radius 1 is 1.14 bits per heavy atom. The number of hydrogen-bond donors (Lipinski definition) is 0. The fourth-order valence-corrected chi connectivity index (χ4v) is 0.990. The highest BCUT2D eigenvalue weighted by atomic mass is 19.1. The van der Waals surface area contributed by atoms with Crippen LogP contribution in [0.15, 0.2) is 42.6 Å². The molecule has 2 nitrogen and oxygen atoms in total. The zero-order valence-corrected chi connectivity index (χ0v) is 7.27. The normalized spacial score (nSPS) is 9.79. The molecule has 2 aromatic rings. The highest BCUT2D eigenvalue weighted by molar-refractivity contribution is 5.26. The van der Waals surface area contributed by atoms with Crippen LogP contribution in [-0.2, 0) is 0 Å². The predicted molar refractivity (Wildman–Crippen MR) is 49.5 cm³/mol. The zero-order chi connectivity index (χ0) is 9.80. The van der Waals surface area contributed by atoms with Crippen molar-refractivity contribution >= 4 is 0 Å². The lowest BCUT2D eigenvalue weighted by Gasteiger charge is -2.02. The third-order valence-electron chi connectivity index (χ3n) is 1.62. The van der Waals surface area contributed by atoms with Crippen molar-refractivity contribution in [1.82, 2.24) is 4.98 Å². The molecule has 0 saturated heterocycles. The number of rotatable bonds is 2. The van der Waals surface area contributed by atoms with Crippen molar-refractivity contribution in [3.8, 4) is 11.6 Å². The third-order valence-corrected chi connectivity index (χ3v) is 1.62. The van der Waals surface area contributed by atoms with E-state index in [4.69, 9.17) is 4.74 Å². The Morgan fingerprint density at radius 2 is 1.93 bits per heavy atom. The minimum atomic E-state index is -0.285. The highest BCUT2D eigenvalue weighted by Crippen LogP contribution is 2.18. The number of nitrogens with zero attached hydrogens (tertiary/aromatic N) is 1. The van der Waals surface area contributed by atoms with E-state index in [2.05, 4.69) is 11.1 Å². The van der Waals surface area contributed by atoms with Gasteiger partial charge in [-0.05, 0) is 30.3 Å². The van der Waals surface area contributed by atoms with E-state index >= 15 is 0 Å². The lowest BCUT2D eigenvalue weighted by Crippen LogP contribution is -1.86. The summed E-state index contributed by atoms with van der Waals surface area (Å²) in [5, 5.41) is 0. The molecule has 1 aromatic carbocycles. The van der Waals surface area contributed by atoms with Gasteiger partial charge in [0.2, 0.25) is 5.88 Å². The summed E-state index contributed by atoms with van der Waals surface area (Å²) < 4.78 is 17.9. The van der Waals surface area contributed by atoms with E-state index in [0.717, 1.165) is 0 Å². The molecule has 1 aromatic heterocycles. The van der Waals surface area contributed by atoms with Gasteiger partial charge in [0.1, 0.15) is 11.6 Å². The van der Waals surface area contributed by atoms with E-state index in [1.54, 1.807) is 24.3 Å². The van der Waals surface area contributed by atoms with Gasteiger partial charge in [-0.15, -0.1) is 0 Å². The van der Waals surface area contributed by atoms with Crippen LogP contribution in [0.25, 0.3) is 0 Å². The smallest absolute Gasteiger partial charge is 0.219 e. The molecule has 0 N–H and O–H groups in total. The summed E-state index contributed by atoms with van der Waals surface area (Å²) in [5.74, 6) is 0.743. The van der Waals surface area contributed by atoms with E-state index in [1.165, 1.54) is 18.3 Å². The first kappa shape index (κ1) is 8.69. The van der Waals surface area contributed by atoms with E-state index in [-0.39, 0.29) is 5.82 Å². The summed E-state index contributed by atoms with van der Waals surface area (Å²) >= 11 is 0. The lowest BCUT2D eigenvalue weighted by atomic mass is 10.3. The molecular weight excluding hydrogens is 181 g/mol. The summed E-state index contributed by atoms with van der Waals surface area (Å²) in [5.41, 5.74) is 0. The molecule has 0 aliphatic carbocycles. The highest BCUT2D eigenvalue weighted by Gasteiger charge is 1.96. The predicted octanol–water partition coefficient (Wildman–Crippen LogP) is 2.81. The number of pyridine rings is 1. The minimum absolute atomic E-state index is 0.285. The number of ether oxygens (including phenoxy) is 1. The quantitative estimate of drug-likeness (QED) is 0.722. The first-order valence-corrected chi connectivity index (χ1v) is 4.10. The van der Waals surface area contributed by atoms with Gasteiger partial charge in [-0.1, -0.05) is 0 Å². The molecule has 69 valence electrons. The Balaban J connectivity index is 2.16. The molecule has 0 aliphatic heterocycles. The standard InChI is InChI=1S/C11H7FNO/c12-9-4-6-10(7-5-9)14-11-3-1-2-8-13-11/h1,3-8H. The second kappa shape index (κ2) is 3.87. The summed E-state index contributed by atoms with van der Waals surface area (Å²) in [7, 11) is 0. The largest absolute Gasteiger partial charge is 0.439 e. The number of aromatic nitrogens is 1. The summed E-state index contributed by atoms with van der Waals surface area (Å²) in [6.07, 6.45) is 1.51. The zero-order valence-electron chi connectivity index (χ0n) is 7.27. The topological polar surface area (TPSA) is 22.1 Å². The van der Waals surface area contributed by atoms with Crippen molar-refractivity contribution in [1.29, 1.82) is 0 Å². The van der Waals surface area contributed by atoms with Gasteiger partial charge in [-0.25, -0.2) is 9.37 Å². The first-order chi connectivity index (χ1) is 6.84. The molecule has 1 radical (unpaired) electrons.